The molecule has 0 aliphatic carbocycles. The van der Waals surface area contributed by atoms with Gasteiger partial charge in [-0.2, -0.15) is 0 Å². The Balaban J connectivity index is 2.67. The lowest BCUT2D eigenvalue weighted by molar-refractivity contribution is -0.132. The summed E-state index contributed by atoms with van der Waals surface area (Å²) >= 11 is 5.91. The van der Waals surface area contributed by atoms with Crippen LogP contribution < -0.4 is 0 Å². The van der Waals surface area contributed by atoms with E-state index in [1.165, 1.54) is 12.1 Å². The summed E-state index contributed by atoms with van der Waals surface area (Å²) in [5.41, 5.74) is 2.17. The van der Waals surface area contributed by atoms with Gasteiger partial charge in [0.2, 0.25) is 0 Å². The second-order valence-corrected chi connectivity index (χ2v) is 7.77. The fraction of sp³-hybridized carbons (Fsp3) is 0.167. The van der Waals surface area contributed by atoms with Gasteiger partial charge in [0.1, 0.15) is 0 Å². The number of hydrogen-bond donors (Lipinski definition) is 1. The highest BCUT2D eigenvalue weighted by Crippen LogP contribution is 2.30. The SMILES string of the molecule is CC/C(C(=O)O)=C(/c1ccc(Cl)cc1)c1ccc(S(C)(=O)=O)cc1. The Morgan fingerprint density at radius 3 is 1.83 bits per heavy atom. The zero-order chi connectivity index (χ0) is 17.9. The molecular weight excluding hydrogens is 348 g/mol. The summed E-state index contributed by atoms with van der Waals surface area (Å²) in [4.78, 5) is 11.8. The number of carbonyl (C=O) groups is 1. The molecule has 2 aromatic carbocycles. The van der Waals surface area contributed by atoms with Crippen molar-refractivity contribution in [2.75, 3.05) is 6.26 Å². The molecule has 2 rings (SSSR count). The first-order valence-corrected chi connectivity index (χ1v) is 9.54. The lowest BCUT2D eigenvalue weighted by Crippen LogP contribution is -2.05. The van der Waals surface area contributed by atoms with E-state index in [9.17, 15) is 18.3 Å². The van der Waals surface area contributed by atoms with Crippen molar-refractivity contribution in [1.29, 1.82) is 0 Å². The van der Waals surface area contributed by atoms with Gasteiger partial charge in [-0.25, -0.2) is 13.2 Å². The lowest BCUT2D eigenvalue weighted by atomic mass is 9.92. The van der Waals surface area contributed by atoms with Gasteiger partial charge in [0.15, 0.2) is 9.84 Å². The average molecular weight is 365 g/mol. The van der Waals surface area contributed by atoms with Gasteiger partial charge in [-0.15, -0.1) is 0 Å². The summed E-state index contributed by atoms with van der Waals surface area (Å²) in [5.74, 6) is -1.00. The Labute approximate surface area is 146 Å². The molecule has 24 heavy (non-hydrogen) atoms. The van der Waals surface area contributed by atoms with Crippen molar-refractivity contribution in [3.05, 3.63) is 70.3 Å². The average Bonchev–Trinajstić information content (AvgIpc) is 2.52. The van der Waals surface area contributed by atoms with Crippen LogP contribution in [0, 0.1) is 0 Å². The molecule has 4 nitrogen and oxygen atoms in total. The van der Waals surface area contributed by atoms with Crippen molar-refractivity contribution < 1.29 is 18.3 Å². The molecular formula is C18H17ClO4S. The Morgan fingerprint density at radius 2 is 1.46 bits per heavy atom. The molecule has 0 atom stereocenters. The molecule has 0 bridgehead atoms. The van der Waals surface area contributed by atoms with Crippen LogP contribution in [0.15, 0.2) is 59.0 Å². The van der Waals surface area contributed by atoms with Crippen LogP contribution in [0.3, 0.4) is 0 Å². The second kappa shape index (κ2) is 7.20. The minimum atomic E-state index is -3.31. The molecule has 2 aromatic rings. The third kappa shape index (κ3) is 4.04. The highest BCUT2D eigenvalue weighted by molar-refractivity contribution is 7.90. The molecule has 0 aliphatic rings. The van der Waals surface area contributed by atoms with E-state index in [0.717, 1.165) is 6.26 Å². The van der Waals surface area contributed by atoms with E-state index in [1.807, 2.05) is 0 Å². The molecule has 0 heterocycles. The second-order valence-electron chi connectivity index (χ2n) is 5.32. The van der Waals surface area contributed by atoms with Gasteiger partial charge < -0.3 is 5.11 Å². The monoisotopic (exact) mass is 364 g/mol. The molecule has 126 valence electrons. The number of benzene rings is 2. The molecule has 0 saturated carbocycles. The van der Waals surface area contributed by atoms with Crippen LogP contribution in [0.4, 0.5) is 0 Å². The molecule has 0 spiro atoms. The molecule has 0 amide bonds. The van der Waals surface area contributed by atoms with E-state index in [0.29, 0.717) is 28.1 Å². The van der Waals surface area contributed by atoms with Gasteiger partial charge in [0.25, 0.3) is 0 Å². The summed E-state index contributed by atoms with van der Waals surface area (Å²) in [6.45, 7) is 1.77. The predicted molar refractivity (Wildman–Crippen MR) is 95.0 cm³/mol. The van der Waals surface area contributed by atoms with Crippen LogP contribution in [0.2, 0.25) is 5.02 Å². The zero-order valence-corrected chi connectivity index (χ0v) is 14.9. The van der Waals surface area contributed by atoms with Crippen LogP contribution in [0.25, 0.3) is 5.57 Å². The number of rotatable bonds is 5. The third-order valence-electron chi connectivity index (χ3n) is 3.62. The quantitative estimate of drug-likeness (QED) is 0.813. The molecule has 0 unspecified atom stereocenters. The highest BCUT2D eigenvalue weighted by Gasteiger charge is 2.17. The largest absolute Gasteiger partial charge is 0.478 e. The molecule has 1 N–H and O–H groups in total. The van der Waals surface area contributed by atoms with E-state index in [-0.39, 0.29) is 10.5 Å². The summed E-state index contributed by atoms with van der Waals surface area (Å²) in [5, 5.41) is 10.1. The fourth-order valence-corrected chi connectivity index (χ4v) is 3.19. The van der Waals surface area contributed by atoms with Crippen molar-refractivity contribution in [3.63, 3.8) is 0 Å². The number of carboxylic acids is 1. The van der Waals surface area contributed by atoms with Crippen molar-refractivity contribution >= 4 is 33.0 Å². The topological polar surface area (TPSA) is 71.4 Å². The third-order valence-corrected chi connectivity index (χ3v) is 5.00. The summed E-state index contributed by atoms with van der Waals surface area (Å²) in [7, 11) is -3.31. The Kier molecular flexibility index (Phi) is 5.47. The molecule has 0 fully saturated rings. The maximum atomic E-state index is 11.6. The van der Waals surface area contributed by atoms with Crippen molar-refractivity contribution in [1.82, 2.24) is 0 Å². The van der Waals surface area contributed by atoms with Gasteiger partial charge in [-0.05, 0) is 47.4 Å². The minimum absolute atomic E-state index is 0.190. The fourth-order valence-electron chi connectivity index (χ4n) is 2.44. The number of hydrogen-bond acceptors (Lipinski definition) is 3. The van der Waals surface area contributed by atoms with Crippen LogP contribution >= 0.6 is 11.6 Å². The Morgan fingerprint density at radius 1 is 1.00 bits per heavy atom. The smallest absolute Gasteiger partial charge is 0.332 e. The van der Waals surface area contributed by atoms with Crippen LogP contribution in [0.5, 0.6) is 0 Å². The van der Waals surface area contributed by atoms with Crippen LogP contribution in [-0.2, 0) is 14.6 Å². The van der Waals surface area contributed by atoms with E-state index >= 15 is 0 Å². The van der Waals surface area contributed by atoms with Gasteiger partial charge >= 0.3 is 5.97 Å². The van der Waals surface area contributed by atoms with Gasteiger partial charge in [-0.1, -0.05) is 42.8 Å². The van der Waals surface area contributed by atoms with Crippen LogP contribution in [0.1, 0.15) is 24.5 Å². The van der Waals surface area contributed by atoms with Gasteiger partial charge in [0.05, 0.1) is 4.90 Å². The van der Waals surface area contributed by atoms with E-state index < -0.39 is 15.8 Å². The summed E-state index contributed by atoms with van der Waals surface area (Å²) in [6.07, 6.45) is 1.47. The Hall–Kier alpha value is -2.11. The molecule has 0 saturated heterocycles. The lowest BCUT2D eigenvalue weighted by Gasteiger charge is -2.13. The summed E-state index contributed by atoms with van der Waals surface area (Å²) in [6, 6.07) is 13.1. The minimum Gasteiger partial charge on any atom is -0.478 e. The highest BCUT2D eigenvalue weighted by atomic mass is 35.5. The first-order valence-electron chi connectivity index (χ1n) is 7.27. The molecule has 0 aliphatic heterocycles. The van der Waals surface area contributed by atoms with E-state index in [2.05, 4.69) is 0 Å². The van der Waals surface area contributed by atoms with E-state index in [4.69, 9.17) is 11.6 Å². The van der Waals surface area contributed by atoms with Crippen molar-refractivity contribution in [3.8, 4) is 0 Å². The molecule has 0 aromatic heterocycles. The number of sulfone groups is 1. The zero-order valence-electron chi connectivity index (χ0n) is 13.3. The normalized spacial score (nSPS) is 12.6. The number of carboxylic acid groups (broad SMARTS) is 1. The molecule has 0 radical (unpaired) electrons. The number of halogens is 1. The van der Waals surface area contributed by atoms with Gasteiger partial charge in [0, 0.05) is 16.9 Å². The standard InChI is InChI=1S/C18H17ClO4S/c1-3-16(18(20)21)17(12-4-8-14(19)9-5-12)13-6-10-15(11-7-13)24(2,22)23/h4-11H,3H2,1-2H3,(H,20,21)/b17-16+. The van der Waals surface area contributed by atoms with Crippen molar-refractivity contribution in [2.45, 2.75) is 18.2 Å². The molecule has 6 heteroatoms. The van der Waals surface area contributed by atoms with Crippen LogP contribution in [-0.4, -0.2) is 25.7 Å². The first-order chi connectivity index (χ1) is 11.2. The first kappa shape index (κ1) is 18.2. The maximum Gasteiger partial charge on any atom is 0.332 e. The van der Waals surface area contributed by atoms with E-state index in [1.54, 1.807) is 43.3 Å². The predicted octanol–water partition coefficient (Wildman–Crippen LogP) is 4.04. The van der Waals surface area contributed by atoms with Gasteiger partial charge in [-0.3, -0.25) is 0 Å². The summed E-state index contributed by atoms with van der Waals surface area (Å²) < 4.78 is 23.2. The Bertz CT molecular complexity index is 880. The maximum absolute atomic E-state index is 11.6. The number of aliphatic carboxylic acids is 1. The van der Waals surface area contributed by atoms with Crippen molar-refractivity contribution in [2.24, 2.45) is 0 Å².